The molecule has 0 saturated heterocycles. The molecule has 0 spiro atoms. The van der Waals surface area contributed by atoms with Gasteiger partial charge in [0.1, 0.15) is 5.82 Å². The molecule has 31 heavy (non-hydrogen) atoms. The Morgan fingerprint density at radius 3 is 2.48 bits per heavy atom. The number of imidazole rings is 1. The zero-order chi connectivity index (χ0) is 21.9. The van der Waals surface area contributed by atoms with Crippen molar-refractivity contribution in [1.29, 1.82) is 0 Å². The molecule has 0 amide bonds. The molecule has 0 bridgehead atoms. The summed E-state index contributed by atoms with van der Waals surface area (Å²) in [4.78, 5) is 33.0. The van der Waals surface area contributed by atoms with Gasteiger partial charge in [-0.3, -0.25) is 13.9 Å². The van der Waals surface area contributed by atoms with E-state index in [9.17, 15) is 14.0 Å². The topological polar surface area (TPSA) is 65.1 Å². The number of nitrogens with zero attached hydrogens (tertiary/aromatic N) is 5. The number of aromatic nitrogens is 4. The summed E-state index contributed by atoms with van der Waals surface area (Å²) in [5.74, 6) is 0.299. The van der Waals surface area contributed by atoms with Crippen LogP contribution in [0, 0.1) is 19.7 Å². The van der Waals surface area contributed by atoms with Crippen molar-refractivity contribution in [2.45, 2.75) is 26.9 Å². The van der Waals surface area contributed by atoms with E-state index in [-0.39, 0.29) is 17.9 Å². The minimum Gasteiger partial charge on any atom is -0.310 e. The maximum absolute atomic E-state index is 13.3. The first-order valence-electron chi connectivity index (χ1n) is 10.1. The van der Waals surface area contributed by atoms with E-state index in [4.69, 9.17) is 0 Å². The largest absolute Gasteiger partial charge is 0.332 e. The molecule has 2 aromatic heterocycles. The van der Waals surface area contributed by atoms with Gasteiger partial charge < -0.3 is 9.47 Å². The highest BCUT2D eigenvalue weighted by molar-refractivity contribution is 5.78. The highest BCUT2D eigenvalue weighted by atomic mass is 19.1. The third-order valence-corrected chi connectivity index (χ3v) is 5.90. The maximum Gasteiger partial charge on any atom is 0.332 e. The molecule has 4 aromatic rings. The van der Waals surface area contributed by atoms with Crippen LogP contribution in [0.15, 0.2) is 52.1 Å². The molecule has 0 atom stereocenters. The molecule has 1 aliphatic rings. The molecule has 0 saturated carbocycles. The molecule has 3 heterocycles. The van der Waals surface area contributed by atoms with Crippen molar-refractivity contribution in [2.75, 3.05) is 11.4 Å². The molecule has 8 heteroatoms. The molecular formula is C23H22FN5O2. The molecular weight excluding hydrogens is 397 g/mol. The SMILES string of the molecule is Cc1ccc(N2CCn3c2nc2c3c(=O)n(Cc3ccc(F)cc3)c(=O)n2C)c(C)c1. The summed E-state index contributed by atoms with van der Waals surface area (Å²) in [6, 6.07) is 12.0. The van der Waals surface area contributed by atoms with E-state index in [0.29, 0.717) is 35.8 Å². The molecule has 1 aliphatic heterocycles. The summed E-state index contributed by atoms with van der Waals surface area (Å²) in [5.41, 5.74) is 3.97. The van der Waals surface area contributed by atoms with Crippen molar-refractivity contribution < 1.29 is 4.39 Å². The first kappa shape index (κ1) is 19.3. The zero-order valence-corrected chi connectivity index (χ0v) is 17.6. The first-order valence-corrected chi connectivity index (χ1v) is 10.1. The number of fused-ring (bicyclic) bond motifs is 3. The molecule has 5 rings (SSSR count). The minimum atomic E-state index is -0.448. The number of anilines is 2. The number of halogens is 1. The van der Waals surface area contributed by atoms with Crippen LogP contribution in [-0.2, 0) is 20.1 Å². The van der Waals surface area contributed by atoms with Crippen LogP contribution in [0.3, 0.4) is 0 Å². The summed E-state index contributed by atoms with van der Waals surface area (Å²) < 4.78 is 17.7. The van der Waals surface area contributed by atoms with Crippen LogP contribution >= 0.6 is 0 Å². The predicted octanol–water partition coefficient (Wildman–Crippen LogP) is 2.85. The second kappa shape index (κ2) is 6.94. The molecule has 0 aliphatic carbocycles. The first-order chi connectivity index (χ1) is 14.8. The van der Waals surface area contributed by atoms with Gasteiger partial charge in [-0.1, -0.05) is 29.8 Å². The van der Waals surface area contributed by atoms with Gasteiger partial charge in [-0.25, -0.2) is 9.18 Å². The molecule has 0 radical (unpaired) electrons. The third kappa shape index (κ3) is 2.98. The number of benzene rings is 2. The molecule has 158 valence electrons. The van der Waals surface area contributed by atoms with Crippen molar-refractivity contribution in [2.24, 2.45) is 7.05 Å². The lowest BCUT2D eigenvalue weighted by atomic mass is 10.1. The van der Waals surface area contributed by atoms with Crippen LogP contribution in [0.5, 0.6) is 0 Å². The lowest BCUT2D eigenvalue weighted by Gasteiger charge is -2.19. The summed E-state index contributed by atoms with van der Waals surface area (Å²) in [6.07, 6.45) is 0. The molecule has 0 N–H and O–H groups in total. The van der Waals surface area contributed by atoms with E-state index in [0.717, 1.165) is 11.3 Å². The van der Waals surface area contributed by atoms with E-state index in [1.165, 1.54) is 26.8 Å². The normalized spacial score (nSPS) is 13.2. The average Bonchev–Trinajstić information content (AvgIpc) is 3.31. The molecule has 7 nitrogen and oxygen atoms in total. The van der Waals surface area contributed by atoms with Gasteiger partial charge in [0.2, 0.25) is 5.95 Å². The van der Waals surface area contributed by atoms with Crippen LogP contribution < -0.4 is 16.1 Å². The highest BCUT2D eigenvalue weighted by Gasteiger charge is 2.29. The Morgan fingerprint density at radius 1 is 1.03 bits per heavy atom. The summed E-state index contributed by atoms with van der Waals surface area (Å²) >= 11 is 0. The Morgan fingerprint density at radius 2 is 1.77 bits per heavy atom. The Labute approximate surface area is 177 Å². The van der Waals surface area contributed by atoms with E-state index in [1.54, 1.807) is 19.2 Å². The smallest absolute Gasteiger partial charge is 0.310 e. The van der Waals surface area contributed by atoms with Crippen molar-refractivity contribution in [1.82, 2.24) is 18.7 Å². The number of hydrogen-bond acceptors (Lipinski definition) is 4. The minimum absolute atomic E-state index is 0.0724. The number of rotatable bonds is 3. The summed E-state index contributed by atoms with van der Waals surface area (Å²) in [6.45, 7) is 5.48. The monoisotopic (exact) mass is 419 g/mol. The van der Waals surface area contributed by atoms with Crippen LogP contribution in [-0.4, -0.2) is 25.2 Å². The second-order valence-electron chi connectivity index (χ2n) is 8.04. The van der Waals surface area contributed by atoms with Crippen molar-refractivity contribution in [3.05, 3.63) is 85.8 Å². The van der Waals surface area contributed by atoms with E-state index in [1.807, 2.05) is 4.57 Å². The fraction of sp³-hybridized carbons (Fsp3) is 0.261. The van der Waals surface area contributed by atoms with Crippen molar-refractivity contribution >= 4 is 22.8 Å². The van der Waals surface area contributed by atoms with Gasteiger partial charge >= 0.3 is 5.69 Å². The van der Waals surface area contributed by atoms with Crippen molar-refractivity contribution in [3.8, 4) is 0 Å². The zero-order valence-electron chi connectivity index (χ0n) is 17.6. The Kier molecular flexibility index (Phi) is 4.32. The van der Waals surface area contributed by atoms with E-state index in [2.05, 4.69) is 41.9 Å². The molecule has 0 unspecified atom stereocenters. The maximum atomic E-state index is 13.3. The quantitative estimate of drug-likeness (QED) is 0.512. The predicted molar refractivity (Wildman–Crippen MR) is 118 cm³/mol. The fourth-order valence-electron chi connectivity index (χ4n) is 4.33. The van der Waals surface area contributed by atoms with Crippen LogP contribution in [0.25, 0.3) is 11.2 Å². The van der Waals surface area contributed by atoms with Crippen LogP contribution in [0.4, 0.5) is 16.0 Å². The molecule has 2 aromatic carbocycles. The van der Waals surface area contributed by atoms with Gasteiger partial charge in [-0.2, -0.15) is 4.98 Å². The van der Waals surface area contributed by atoms with E-state index >= 15 is 0 Å². The molecule has 0 fully saturated rings. The van der Waals surface area contributed by atoms with Crippen LogP contribution in [0.2, 0.25) is 0 Å². The standard InChI is InChI=1S/C23H22FN5O2/c1-14-4-9-18(15(2)12-14)27-10-11-28-19-20(25-22(27)28)26(3)23(31)29(21(19)30)13-16-5-7-17(24)8-6-16/h4-9,12H,10-11,13H2,1-3H3. The lowest BCUT2D eigenvalue weighted by Crippen LogP contribution is -2.40. The number of aryl methyl sites for hydroxylation is 3. The third-order valence-electron chi connectivity index (χ3n) is 5.90. The number of hydrogen-bond donors (Lipinski definition) is 0. The second-order valence-corrected chi connectivity index (χ2v) is 8.04. The van der Waals surface area contributed by atoms with Gasteiger partial charge in [0.05, 0.1) is 6.54 Å². The Hall–Kier alpha value is -3.68. The highest BCUT2D eigenvalue weighted by Crippen LogP contribution is 2.33. The fourth-order valence-corrected chi connectivity index (χ4v) is 4.33. The van der Waals surface area contributed by atoms with Crippen LogP contribution in [0.1, 0.15) is 16.7 Å². The van der Waals surface area contributed by atoms with Gasteiger partial charge in [-0.05, 0) is 43.2 Å². The van der Waals surface area contributed by atoms with E-state index < -0.39 is 5.69 Å². The summed E-state index contributed by atoms with van der Waals surface area (Å²) in [7, 11) is 1.62. The lowest BCUT2D eigenvalue weighted by molar-refractivity contribution is 0.623. The van der Waals surface area contributed by atoms with Gasteiger partial charge in [0, 0.05) is 25.8 Å². The Bertz CT molecular complexity index is 1450. The van der Waals surface area contributed by atoms with Gasteiger partial charge in [0.15, 0.2) is 11.2 Å². The van der Waals surface area contributed by atoms with Gasteiger partial charge in [-0.15, -0.1) is 0 Å². The average molecular weight is 419 g/mol. The van der Waals surface area contributed by atoms with Gasteiger partial charge in [0.25, 0.3) is 5.56 Å². The Balaban J connectivity index is 1.67. The van der Waals surface area contributed by atoms with Crippen molar-refractivity contribution in [3.63, 3.8) is 0 Å². The summed E-state index contributed by atoms with van der Waals surface area (Å²) in [5, 5.41) is 0.